The molecule has 3 aromatic carbocycles. The van der Waals surface area contributed by atoms with E-state index >= 15 is 0 Å². The predicted octanol–water partition coefficient (Wildman–Crippen LogP) is 2.16. The molecule has 0 saturated heterocycles. The molecule has 5 aromatic rings. The number of aromatic amines is 2. The molecule has 0 radical (unpaired) electrons. The lowest BCUT2D eigenvalue weighted by molar-refractivity contribution is 0.451. The molecule has 32 heavy (non-hydrogen) atoms. The topological polar surface area (TPSA) is 119 Å². The summed E-state index contributed by atoms with van der Waals surface area (Å²) in [5.41, 5.74) is 3.66. The lowest BCUT2D eigenvalue weighted by atomic mass is 10.2. The second-order valence-electron chi connectivity index (χ2n) is 7.87. The van der Waals surface area contributed by atoms with Gasteiger partial charge in [-0.15, -0.1) is 0 Å². The molecule has 0 spiro atoms. The predicted molar refractivity (Wildman–Crippen MR) is 115 cm³/mol. The number of aryl methyl sites for hydroxylation is 2. The van der Waals surface area contributed by atoms with E-state index in [-0.39, 0.29) is 11.4 Å². The van der Waals surface area contributed by atoms with E-state index in [1.807, 2.05) is 0 Å². The average Bonchev–Trinajstić information content (AvgIpc) is 3.20. The van der Waals surface area contributed by atoms with Gasteiger partial charge in [0.15, 0.2) is 23.0 Å². The molecule has 2 aliphatic rings. The summed E-state index contributed by atoms with van der Waals surface area (Å²) in [5, 5.41) is 1.20. The molecule has 2 aliphatic heterocycles. The maximum atomic E-state index is 11.9. The lowest BCUT2D eigenvalue weighted by Crippen LogP contribution is -2.18. The van der Waals surface area contributed by atoms with Crippen molar-refractivity contribution in [3.8, 4) is 23.0 Å². The van der Waals surface area contributed by atoms with E-state index in [1.165, 1.54) is 9.13 Å². The van der Waals surface area contributed by atoms with Crippen LogP contribution in [0.3, 0.4) is 0 Å². The highest BCUT2D eigenvalue weighted by atomic mass is 16.5. The Balaban J connectivity index is 1.42. The molecule has 7 rings (SSSR count). The summed E-state index contributed by atoms with van der Waals surface area (Å²) >= 11 is 0. The molecule has 4 heterocycles. The summed E-state index contributed by atoms with van der Waals surface area (Å²) in [7, 11) is 3.39. The average molecular weight is 426 g/mol. The van der Waals surface area contributed by atoms with Crippen molar-refractivity contribution in [1.82, 2.24) is 19.1 Å². The highest BCUT2D eigenvalue weighted by molar-refractivity contribution is 5.84. The zero-order valence-corrected chi connectivity index (χ0v) is 16.9. The number of imidazole rings is 2. The number of hydrogen-bond acceptors (Lipinski definition) is 6. The largest absolute Gasteiger partial charge is 0.453 e. The van der Waals surface area contributed by atoms with Crippen molar-refractivity contribution in [2.24, 2.45) is 24.1 Å². The highest BCUT2D eigenvalue weighted by Gasteiger charge is 2.21. The summed E-state index contributed by atoms with van der Waals surface area (Å²) in [4.78, 5) is 38.9. The van der Waals surface area contributed by atoms with Crippen molar-refractivity contribution in [2.75, 3.05) is 0 Å². The van der Waals surface area contributed by atoms with E-state index in [9.17, 15) is 9.59 Å². The molecule has 0 amide bonds. The van der Waals surface area contributed by atoms with Gasteiger partial charge in [-0.1, -0.05) is 0 Å². The number of ether oxygens (including phenoxy) is 2. The highest BCUT2D eigenvalue weighted by Crippen LogP contribution is 2.39. The first-order valence-electron chi connectivity index (χ1n) is 9.87. The van der Waals surface area contributed by atoms with Crippen molar-refractivity contribution in [3.63, 3.8) is 0 Å². The molecular formula is C22H14N6O4. The van der Waals surface area contributed by atoms with Crippen LogP contribution in [0, 0.1) is 0 Å². The van der Waals surface area contributed by atoms with E-state index in [4.69, 9.17) is 19.5 Å². The van der Waals surface area contributed by atoms with Crippen LogP contribution < -0.4 is 31.6 Å². The quantitative estimate of drug-likeness (QED) is 0.386. The summed E-state index contributed by atoms with van der Waals surface area (Å²) in [6, 6.07) is 10.7. The Morgan fingerprint density at radius 1 is 0.656 bits per heavy atom. The minimum absolute atomic E-state index is 0.200. The number of H-pyrrole nitrogens is 2. The molecule has 2 aromatic heterocycles. The third-order valence-electron chi connectivity index (χ3n) is 5.93. The third-order valence-corrected chi connectivity index (χ3v) is 5.93. The Labute approximate surface area is 177 Å². The van der Waals surface area contributed by atoms with E-state index < -0.39 is 0 Å². The lowest BCUT2D eigenvalue weighted by Gasteiger charge is -2.18. The van der Waals surface area contributed by atoms with Crippen LogP contribution in [0.2, 0.25) is 0 Å². The van der Waals surface area contributed by atoms with Crippen molar-refractivity contribution < 1.29 is 9.47 Å². The molecular weight excluding hydrogens is 412 g/mol. The molecule has 0 fully saturated rings. The molecule has 0 saturated carbocycles. The summed E-state index contributed by atoms with van der Waals surface area (Å²) in [6.07, 6.45) is 0. The fraction of sp³-hybridized carbons (Fsp3) is 0.0909. The number of nitrogens with one attached hydrogen (secondary N) is 2. The van der Waals surface area contributed by atoms with Gasteiger partial charge in [0.05, 0.1) is 22.1 Å². The number of rotatable bonds is 0. The normalized spacial score (nSPS) is 13.3. The SMILES string of the molecule is Cn1c(=O)[nH]c2cc3c(cc21)Oc1cc2c(cc1=N3)Oc1cc3c(cc1N=2)[nH]c(=O)n3C. The van der Waals surface area contributed by atoms with Crippen molar-refractivity contribution in [2.45, 2.75) is 0 Å². The molecule has 0 bridgehead atoms. The van der Waals surface area contributed by atoms with Crippen LogP contribution in [0.1, 0.15) is 0 Å². The minimum atomic E-state index is -0.200. The van der Waals surface area contributed by atoms with Gasteiger partial charge in [-0.05, 0) is 12.1 Å². The first kappa shape index (κ1) is 17.1. The van der Waals surface area contributed by atoms with Crippen LogP contribution in [-0.4, -0.2) is 19.1 Å². The maximum absolute atomic E-state index is 11.9. The van der Waals surface area contributed by atoms with Crippen LogP contribution in [0.25, 0.3) is 22.1 Å². The number of fused-ring (bicyclic) bond motifs is 6. The van der Waals surface area contributed by atoms with Crippen LogP contribution in [-0.2, 0) is 14.1 Å². The second kappa shape index (κ2) is 5.55. The van der Waals surface area contributed by atoms with Gasteiger partial charge in [-0.25, -0.2) is 19.6 Å². The van der Waals surface area contributed by atoms with Crippen molar-refractivity contribution in [1.29, 1.82) is 0 Å². The Kier molecular flexibility index (Phi) is 2.97. The second-order valence-corrected chi connectivity index (χ2v) is 7.87. The van der Waals surface area contributed by atoms with Crippen LogP contribution in [0.4, 0.5) is 11.4 Å². The van der Waals surface area contributed by atoms with Crippen molar-refractivity contribution in [3.05, 3.63) is 68.1 Å². The van der Waals surface area contributed by atoms with Gasteiger partial charge in [-0.3, -0.25) is 9.13 Å². The van der Waals surface area contributed by atoms with Gasteiger partial charge in [0.1, 0.15) is 22.1 Å². The standard InChI is InChI=1S/C22H14N6O4/c1-27-15-7-19-11(3-9(15)25-21(27)29)23-13-6-18-14(5-17(13)31-19)24-12-4-10-16(8-20(12)32-18)28(2)22(30)26-10/h3-8H,1-2H3,(H,25,29)(H,26,30). The maximum Gasteiger partial charge on any atom is 0.326 e. The Morgan fingerprint density at radius 2 is 1.09 bits per heavy atom. The van der Waals surface area contributed by atoms with Crippen LogP contribution >= 0.6 is 0 Å². The Hall–Kier alpha value is -4.60. The number of benzene rings is 3. The Morgan fingerprint density at radius 3 is 1.53 bits per heavy atom. The summed E-state index contributed by atoms with van der Waals surface area (Å²) in [6.45, 7) is 0. The first-order valence-corrected chi connectivity index (χ1v) is 9.87. The van der Waals surface area contributed by atoms with E-state index in [2.05, 4.69) is 9.97 Å². The van der Waals surface area contributed by atoms with Gasteiger partial charge >= 0.3 is 11.4 Å². The van der Waals surface area contributed by atoms with Gasteiger partial charge in [0.2, 0.25) is 0 Å². The zero-order chi connectivity index (χ0) is 21.7. The molecule has 0 unspecified atom stereocenters. The molecule has 2 N–H and O–H groups in total. The van der Waals surface area contributed by atoms with E-state index in [0.717, 1.165) is 11.0 Å². The minimum Gasteiger partial charge on any atom is -0.453 e. The Bertz CT molecular complexity index is 1760. The molecule has 10 nitrogen and oxygen atoms in total. The molecule has 0 aliphatic carbocycles. The van der Waals surface area contributed by atoms with Gasteiger partial charge in [-0.2, -0.15) is 0 Å². The van der Waals surface area contributed by atoms with Gasteiger partial charge in [0.25, 0.3) is 0 Å². The summed E-state index contributed by atoms with van der Waals surface area (Å²) < 4.78 is 15.3. The fourth-order valence-electron chi connectivity index (χ4n) is 4.20. The van der Waals surface area contributed by atoms with Gasteiger partial charge in [0, 0.05) is 38.4 Å². The monoisotopic (exact) mass is 426 g/mol. The number of aromatic nitrogens is 4. The fourth-order valence-corrected chi connectivity index (χ4v) is 4.20. The van der Waals surface area contributed by atoms with Crippen molar-refractivity contribution >= 4 is 33.4 Å². The zero-order valence-electron chi connectivity index (χ0n) is 16.9. The first-order chi connectivity index (χ1) is 15.4. The third kappa shape index (κ3) is 2.17. The number of hydrogen-bond donors (Lipinski definition) is 2. The summed E-state index contributed by atoms with van der Waals surface area (Å²) in [5.74, 6) is 2.20. The smallest absolute Gasteiger partial charge is 0.326 e. The molecule has 0 atom stereocenters. The molecule has 10 heteroatoms. The van der Waals surface area contributed by atoms with Gasteiger partial charge < -0.3 is 19.4 Å². The van der Waals surface area contributed by atoms with E-state index in [0.29, 0.717) is 56.1 Å². The number of nitrogens with zero attached hydrogens (tertiary/aromatic N) is 4. The van der Waals surface area contributed by atoms with Crippen LogP contribution in [0.5, 0.6) is 23.0 Å². The van der Waals surface area contributed by atoms with E-state index in [1.54, 1.807) is 50.5 Å². The molecule has 156 valence electrons. The van der Waals surface area contributed by atoms with Crippen LogP contribution in [0.15, 0.2) is 56.0 Å².